The third-order valence-corrected chi connectivity index (χ3v) is 14.5. The predicted molar refractivity (Wildman–Crippen MR) is 347 cm³/mol. The fourth-order valence-corrected chi connectivity index (χ4v) is 9.35. The molecule has 0 radical (unpaired) electrons. The smallest absolute Gasteiger partial charge is 0.306 e. The van der Waals surface area contributed by atoms with Gasteiger partial charge in [0.25, 0.3) is 0 Å². The number of carbonyl (C=O) groups excluding carboxylic acids is 2. The Hall–Kier alpha value is -4.20. The molecule has 1 amide bonds. The molecule has 6 N–H and O–H groups in total. The van der Waals surface area contributed by atoms with Crippen LogP contribution in [0.15, 0.2) is 134 Å². The van der Waals surface area contributed by atoms with Crippen molar-refractivity contribution in [3.05, 3.63) is 134 Å². The Morgan fingerprint density at radius 3 is 1.33 bits per heavy atom. The summed E-state index contributed by atoms with van der Waals surface area (Å²) in [4.78, 5) is 26.6. The van der Waals surface area contributed by atoms with Crippen LogP contribution in [0.5, 0.6) is 0 Å². The lowest BCUT2D eigenvalue weighted by Gasteiger charge is -2.41. The van der Waals surface area contributed by atoms with E-state index in [1.807, 2.05) is 12.2 Å². The van der Waals surface area contributed by atoms with Crippen LogP contribution >= 0.6 is 0 Å². The second kappa shape index (κ2) is 58.2. The van der Waals surface area contributed by atoms with Crippen LogP contribution in [-0.4, -0.2) is 99.6 Å². The molecule has 1 aliphatic rings. The summed E-state index contributed by atoms with van der Waals surface area (Å²) in [6.07, 6.45) is 72.0. The number of aliphatic hydroxyl groups is 5. The third-order valence-electron chi connectivity index (χ3n) is 14.5. The fourth-order valence-electron chi connectivity index (χ4n) is 9.35. The van der Waals surface area contributed by atoms with E-state index in [2.05, 4.69) is 142 Å². The zero-order valence-electron chi connectivity index (χ0n) is 52.3. The van der Waals surface area contributed by atoms with Gasteiger partial charge in [-0.1, -0.05) is 251 Å². The van der Waals surface area contributed by atoms with Gasteiger partial charge in [-0.15, -0.1) is 0 Å². The van der Waals surface area contributed by atoms with Crippen molar-refractivity contribution in [3.63, 3.8) is 0 Å². The van der Waals surface area contributed by atoms with E-state index in [1.165, 1.54) is 64.2 Å². The Morgan fingerprint density at radius 1 is 0.482 bits per heavy atom. The summed E-state index contributed by atoms with van der Waals surface area (Å²) in [5.41, 5.74) is 0. The molecule has 0 aromatic heterocycles. The maximum Gasteiger partial charge on any atom is 0.306 e. The van der Waals surface area contributed by atoms with Crippen LogP contribution in [0, 0.1) is 0 Å². The molecule has 0 aliphatic carbocycles. The van der Waals surface area contributed by atoms with Crippen molar-refractivity contribution in [2.45, 2.75) is 294 Å². The molecule has 1 fully saturated rings. The van der Waals surface area contributed by atoms with Crippen molar-refractivity contribution in [2.24, 2.45) is 0 Å². The lowest BCUT2D eigenvalue weighted by Crippen LogP contribution is -2.61. The fraction of sp³-hybridized carbons (Fsp3) is 0.667. The molecule has 8 unspecified atom stereocenters. The summed E-state index contributed by atoms with van der Waals surface area (Å²) in [7, 11) is 0. The first-order chi connectivity index (χ1) is 40.7. The normalized spacial score (nSPS) is 19.4. The molecule has 1 saturated heterocycles. The van der Waals surface area contributed by atoms with E-state index in [9.17, 15) is 35.1 Å². The van der Waals surface area contributed by atoms with Crippen molar-refractivity contribution in [2.75, 3.05) is 13.2 Å². The first kappa shape index (κ1) is 76.8. The van der Waals surface area contributed by atoms with Gasteiger partial charge in [0.1, 0.15) is 24.4 Å². The van der Waals surface area contributed by atoms with Crippen LogP contribution < -0.4 is 5.32 Å². The highest BCUT2D eigenvalue weighted by atomic mass is 16.7. The number of aliphatic hydroxyl groups excluding tert-OH is 5. The van der Waals surface area contributed by atoms with E-state index in [-0.39, 0.29) is 19.4 Å². The molecule has 0 spiro atoms. The number of allylic oxidation sites excluding steroid dienone is 21. The molecule has 83 heavy (non-hydrogen) atoms. The molecule has 472 valence electrons. The minimum Gasteiger partial charge on any atom is -0.454 e. The molecule has 1 aliphatic heterocycles. The van der Waals surface area contributed by atoms with Gasteiger partial charge in [0.2, 0.25) is 5.91 Å². The highest BCUT2D eigenvalue weighted by Crippen LogP contribution is 2.26. The first-order valence-corrected chi connectivity index (χ1v) is 33.0. The molecule has 0 aromatic rings. The zero-order chi connectivity index (χ0) is 60.3. The average Bonchev–Trinajstić information content (AvgIpc) is 3.61. The van der Waals surface area contributed by atoms with Gasteiger partial charge in [0.05, 0.1) is 25.4 Å². The monoisotopic (exact) mass is 1160 g/mol. The van der Waals surface area contributed by atoms with E-state index in [0.29, 0.717) is 19.3 Å². The SMILES string of the molecule is CC/C=C\C/C=C\C/C=C\C/C=C\C/C=C\C/C=C\CCCC(O)C(=O)NC(COC1OC(CO)C(O)C(O)C1OC(=O)CCCCCCCCC/C=C\C/C=C\C/C=C\C/C=C\CCCCC)C(O)/C=C/CCCCCCCCCCC. The maximum atomic E-state index is 13.4. The standard InChI is InChI=1S/C72H119NO10/c1-4-7-10-13-16-19-22-24-26-28-30-32-33-34-36-38-40-42-45-48-51-54-57-60-67(77)83-70-69(79)68(78)66(61-74)82-72(70)81-62-63(64(75)58-55-52-49-46-43-21-18-15-12-9-6-3)73-71(80)65(76)59-56-53-50-47-44-41-39-37-35-31-29-27-25-23-20-17-14-11-8-5-2/h8,11,16-17,19-20,24-27,30-32,34-36,39,41,47,50,55,58,63-66,68-70,72,74-76,78-79H,4-7,9-10,12-15,18,21-23,28-29,33,37-38,40,42-46,48-49,51-54,56-57,59-62H2,1-3H3,(H,73,80)/b11-8-,19-16-,20-17-,26-24-,27-25-,32-30-,35-31-,36-34-,41-39-,50-47-,58-55+. The van der Waals surface area contributed by atoms with E-state index < -0.39 is 67.4 Å². The molecular formula is C72H119NO10. The van der Waals surface area contributed by atoms with E-state index >= 15 is 0 Å². The van der Waals surface area contributed by atoms with Crippen molar-refractivity contribution in [1.82, 2.24) is 5.32 Å². The molecular weight excluding hydrogens is 1040 g/mol. The highest BCUT2D eigenvalue weighted by Gasteiger charge is 2.47. The molecule has 11 nitrogen and oxygen atoms in total. The quantitative estimate of drug-likeness (QED) is 0.0195. The third kappa shape index (κ3) is 45.8. The molecule has 11 heteroatoms. The average molecular weight is 1160 g/mol. The topological polar surface area (TPSA) is 175 Å². The van der Waals surface area contributed by atoms with E-state index in [1.54, 1.807) is 6.08 Å². The summed E-state index contributed by atoms with van der Waals surface area (Å²) < 4.78 is 17.6. The Labute approximate surface area is 505 Å². The number of hydrogen-bond donors (Lipinski definition) is 6. The number of rotatable bonds is 54. The zero-order valence-corrected chi connectivity index (χ0v) is 52.3. The number of amides is 1. The van der Waals surface area contributed by atoms with Gasteiger partial charge >= 0.3 is 5.97 Å². The molecule has 1 rings (SSSR count). The van der Waals surface area contributed by atoms with Gasteiger partial charge in [-0.2, -0.15) is 0 Å². The molecule has 0 aromatic carbocycles. The lowest BCUT2D eigenvalue weighted by molar-refractivity contribution is -0.305. The minimum absolute atomic E-state index is 0.0979. The maximum absolute atomic E-state index is 13.4. The number of carbonyl (C=O) groups is 2. The first-order valence-electron chi connectivity index (χ1n) is 33.0. The van der Waals surface area contributed by atoms with Crippen molar-refractivity contribution < 1.29 is 49.3 Å². The molecule has 0 bridgehead atoms. The van der Waals surface area contributed by atoms with Gasteiger partial charge < -0.3 is 45.1 Å². The number of unbranched alkanes of at least 4 members (excludes halogenated alkanes) is 20. The van der Waals surface area contributed by atoms with E-state index in [4.69, 9.17) is 14.2 Å². The summed E-state index contributed by atoms with van der Waals surface area (Å²) in [6, 6.07) is -1.06. The van der Waals surface area contributed by atoms with Gasteiger partial charge in [0, 0.05) is 6.42 Å². The Morgan fingerprint density at radius 2 is 0.867 bits per heavy atom. The number of hydrogen-bond acceptors (Lipinski definition) is 10. The van der Waals surface area contributed by atoms with Crippen LogP contribution in [0.3, 0.4) is 0 Å². The molecule has 8 atom stereocenters. The number of nitrogens with one attached hydrogen (secondary N) is 1. The largest absolute Gasteiger partial charge is 0.454 e. The predicted octanol–water partition coefficient (Wildman–Crippen LogP) is 16.4. The van der Waals surface area contributed by atoms with Crippen molar-refractivity contribution in [3.8, 4) is 0 Å². The van der Waals surface area contributed by atoms with Crippen LogP contribution in [0.2, 0.25) is 0 Å². The van der Waals surface area contributed by atoms with Crippen LogP contribution in [-0.2, 0) is 23.8 Å². The molecule has 0 saturated carbocycles. The van der Waals surface area contributed by atoms with Crippen LogP contribution in [0.25, 0.3) is 0 Å². The Bertz CT molecular complexity index is 1860. The van der Waals surface area contributed by atoms with Gasteiger partial charge in [0.15, 0.2) is 12.4 Å². The number of esters is 1. The minimum atomic E-state index is -1.64. The van der Waals surface area contributed by atoms with Gasteiger partial charge in [-0.3, -0.25) is 9.59 Å². The summed E-state index contributed by atoms with van der Waals surface area (Å²) in [5, 5.41) is 57.0. The van der Waals surface area contributed by atoms with Crippen molar-refractivity contribution in [1.29, 1.82) is 0 Å². The second-order valence-corrected chi connectivity index (χ2v) is 22.1. The van der Waals surface area contributed by atoms with E-state index in [0.717, 1.165) is 128 Å². The molecule has 1 heterocycles. The Balaban J connectivity index is 2.67. The van der Waals surface area contributed by atoms with Crippen molar-refractivity contribution >= 4 is 11.9 Å². The van der Waals surface area contributed by atoms with Gasteiger partial charge in [-0.25, -0.2) is 0 Å². The summed E-state index contributed by atoms with van der Waals surface area (Å²) in [6.45, 7) is 5.60. The number of ether oxygens (including phenoxy) is 3. The summed E-state index contributed by atoms with van der Waals surface area (Å²) >= 11 is 0. The van der Waals surface area contributed by atoms with Crippen LogP contribution in [0.1, 0.15) is 245 Å². The van der Waals surface area contributed by atoms with Gasteiger partial charge in [-0.05, 0) is 122 Å². The lowest BCUT2D eigenvalue weighted by atomic mass is 9.99. The van der Waals surface area contributed by atoms with Crippen LogP contribution in [0.4, 0.5) is 0 Å². The summed E-state index contributed by atoms with van der Waals surface area (Å²) in [5.74, 6) is -1.26. The highest BCUT2D eigenvalue weighted by molar-refractivity contribution is 5.80. The Kier molecular flexibility index (Phi) is 53.9. The second-order valence-electron chi connectivity index (χ2n) is 22.1.